The van der Waals surface area contributed by atoms with Crippen LogP contribution < -0.4 is 5.32 Å². The fourth-order valence-corrected chi connectivity index (χ4v) is 3.74. The molecule has 1 fully saturated rings. The maximum atomic E-state index is 3.70. The van der Waals surface area contributed by atoms with E-state index in [1.54, 1.807) is 5.56 Å². The van der Waals surface area contributed by atoms with Crippen molar-refractivity contribution in [3.05, 3.63) is 22.4 Å². The van der Waals surface area contributed by atoms with E-state index in [-0.39, 0.29) is 5.54 Å². The van der Waals surface area contributed by atoms with Gasteiger partial charge in [-0.05, 0) is 80.3 Å². The summed E-state index contributed by atoms with van der Waals surface area (Å²) in [6, 6.07) is 2.33. The summed E-state index contributed by atoms with van der Waals surface area (Å²) in [7, 11) is 0. The third-order valence-corrected chi connectivity index (χ3v) is 4.82. The summed E-state index contributed by atoms with van der Waals surface area (Å²) in [5, 5.41) is 8.28. The number of thiophene rings is 1. The molecule has 18 heavy (non-hydrogen) atoms. The standard InChI is InChI=1S/C16H27NS/c1-12-5-6-13(10-17-16(2,3)4)15(9-12)14-7-8-18-11-14/h7-8,11-13,15,17H,5-6,9-10H2,1-4H3. The van der Waals surface area contributed by atoms with Crippen molar-refractivity contribution in [3.8, 4) is 0 Å². The van der Waals surface area contributed by atoms with Crippen LogP contribution in [-0.2, 0) is 0 Å². The zero-order chi connectivity index (χ0) is 13.2. The number of nitrogens with one attached hydrogen (secondary N) is 1. The molecule has 1 heterocycles. The van der Waals surface area contributed by atoms with Gasteiger partial charge in [-0.1, -0.05) is 13.3 Å². The SMILES string of the molecule is CC1CCC(CNC(C)(C)C)C(c2ccsc2)C1. The molecule has 0 radical (unpaired) electrons. The normalized spacial score (nSPS) is 29.4. The molecular weight excluding hydrogens is 238 g/mol. The molecular formula is C16H27NS. The molecule has 1 N–H and O–H groups in total. The van der Waals surface area contributed by atoms with Crippen molar-refractivity contribution >= 4 is 11.3 Å². The molecule has 1 nitrogen and oxygen atoms in total. The van der Waals surface area contributed by atoms with E-state index in [0.29, 0.717) is 0 Å². The molecule has 1 aromatic rings. The van der Waals surface area contributed by atoms with Crippen LogP contribution in [0.4, 0.5) is 0 Å². The average molecular weight is 265 g/mol. The Bertz CT molecular complexity index is 350. The summed E-state index contributed by atoms with van der Waals surface area (Å²) in [5.41, 5.74) is 1.81. The van der Waals surface area contributed by atoms with Crippen molar-refractivity contribution in [2.24, 2.45) is 11.8 Å². The summed E-state index contributed by atoms with van der Waals surface area (Å²) in [4.78, 5) is 0. The monoisotopic (exact) mass is 265 g/mol. The van der Waals surface area contributed by atoms with Crippen LogP contribution in [-0.4, -0.2) is 12.1 Å². The predicted octanol–water partition coefficient (Wildman–Crippen LogP) is 4.66. The van der Waals surface area contributed by atoms with Gasteiger partial charge in [0.25, 0.3) is 0 Å². The molecule has 1 aromatic heterocycles. The first-order chi connectivity index (χ1) is 8.46. The van der Waals surface area contributed by atoms with Gasteiger partial charge in [0, 0.05) is 5.54 Å². The average Bonchev–Trinajstić information content (AvgIpc) is 2.79. The van der Waals surface area contributed by atoms with Crippen LogP contribution in [0.2, 0.25) is 0 Å². The number of hydrogen-bond donors (Lipinski definition) is 1. The van der Waals surface area contributed by atoms with E-state index in [0.717, 1.165) is 24.3 Å². The molecule has 3 atom stereocenters. The van der Waals surface area contributed by atoms with E-state index in [2.05, 4.69) is 49.8 Å². The summed E-state index contributed by atoms with van der Waals surface area (Å²) in [6.07, 6.45) is 4.15. The highest BCUT2D eigenvalue weighted by Gasteiger charge is 2.30. The Hall–Kier alpha value is -0.340. The molecule has 3 unspecified atom stereocenters. The number of rotatable bonds is 3. The minimum Gasteiger partial charge on any atom is -0.312 e. The first-order valence-electron chi connectivity index (χ1n) is 7.23. The second-order valence-electron chi connectivity index (χ2n) is 6.97. The van der Waals surface area contributed by atoms with E-state index in [9.17, 15) is 0 Å². The lowest BCUT2D eigenvalue weighted by Gasteiger charge is -2.36. The van der Waals surface area contributed by atoms with Crippen LogP contribution in [0.3, 0.4) is 0 Å². The van der Waals surface area contributed by atoms with Crippen LogP contribution in [0.1, 0.15) is 58.4 Å². The highest BCUT2D eigenvalue weighted by atomic mass is 32.1. The lowest BCUT2D eigenvalue weighted by Crippen LogP contribution is -2.41. The highest BCUT2D eigenvalue weighted by Crippen LogP contribution is 2.41. The maximum absolute atomic E-state index is 3.70. The molecule has 2 heteroatoms. The first-order valence-corrected chi connectivity index (χ1v) is 8.17. The van der Waals surface area contributed by atoms with Crippen molar-refractivity contribution in [2.45, 2.75) is 58.4 Å². The lowest BCUT2D eigenvalue weighted by atomic mass is 9.72. The molecule has 0 aromatic carbocycles. The van der Waals surface area contributed by atoms with Crippen molar-refractivity contribution in [3.63, 3.8) is 0 Å². The van der Waals surface area contributed by atoms with Gasteiger partial charge in [-0.2, -0.15) is 11.3 Å². The van der Waals surface area contributed by atoms with Gasteiger partial charge in [0.05, 0.1) is 0 Å². The molecule has 0 aliphatic heterocycles. The summed E-state index contributed by atoms with van der Waals surface area (Å²) < 4.78 is 0. The molecule has 0 spiro atoms. The number of hydrogen-bond acceptors (Lipinski definition) is 2. The molecule has 102 valence electrons. The topological polar surface area (TPSA) is 12.0 Å². The molecule has 1 aliphatic carbocycles. The smallest absolute Gasteiger partial charge is 0.00966 e. The summed E-state index contributed by atoms with van der Waals surface area (Å²) in [6.45, 7) is 10.4. The van der Waals surface area contributed by atoms with Gasteiger partial charge in [-0.15, -0.1) is 0 Å². The predicted molar refractivity (Wildman–Crippen MR) is 81.3 cm³/mol. The summed E-state index contributed by atoms with van der Waals surface area (Å²) >= 11 is 1.84. The van der Waals surface area contributed by atoms with Crippen LogP contribution in [0.25, 0.3) is 0 Å². The van der Waals surface area contributed by atoms with Gasteiger partial charge in [-0.3, -0.25) is 0 Å². The van der Waals surface area contributed by atoms with E-state index >= 15 is 0 Å². The second-order valence-corrected chi connectivity index (χ2v) is 7.75. The van der Waals surface area contributed by atoms with E-state index < -0.39 is 0 Å². The molecule has 0 saturated heterocycles. The molecule has 1 saturated carbocycles. The lowest BCUT2D eigenvalue weighted by molar-refractivity contribution is 0.227. The quantitative estimate of drug-likeness (QED) is 0.838. The molecule has 1 aliphatic rings. The van der Waals surface area contributed by atoms with E-state index in [4.69, 9.17) is 0 Å². The Kier molecular flexibility index (Phi) is 4.50. The van der Waals surface area contributed by atoms with Crippen molar-refractivity contribution < 1.29 is 0 Å². The van der Waals surface area contributed by atoms with Crippen molar-refractivity contribution in [2.75, 3.05) is 6.54 Å². The Morgan fingerprint density at radius 1 is 1.33 bits per heavy atom. The Morgan fingerprint density at radius 3 is 2.72 bits per heavy atom. The van der Waals surface area contributed by atoms with Gasteiger partial charge in [0.2, 0.25) is 0 Å². The van der Waals surface area contributed by atoms with Gasteiger partial charge >= 0.3 is 0 Å². The van der Waals surface area contributed by atoms with Gasteiger partial charge < -0.3 is 5.32 Å². The van der Waals surface area contributed by atoms with Crippen LogP contribution in [0.15, 0.2) is 16.8 Å². The third kappa shape index (κ3) is 3.83. The van der Waals surface area contributed by atoms with Crippen molar-refractivity contribution in [1.29, 1.82) is 0 Å². The largest absolute Gasteiger partial charge is 0.312 e. The fourth-order valence-electron chi connectivity index (χ4n) is 3.02. The first kappa shape index (κ1) is 14.1. The second kappa shape index (κ2) is 5.75. The zero-order valence-corrected chi connectivity index (χ0v) is 13.0. The van der Waals surface area contributed by atoms with Gasteiger partial charge in [-0.25, -0.2) is 0 Å². The highest BCUT2D eigenvalue weighted by molar-refractivity contribution is 7.07. The third-order valence-electron chi connectivity index (χ3n) is 4.12. The summed E-state index contributed by atoms with van der Waals surface area (Å²) in [5.74, 6) is 2.48. The van der Waals surface area contributed by atoms with E-state index in [1.165, 1.54) is 19.3 Å². The zero-order valence-electron chi connectivity index (χ0n) is 12.2. The maximum Gasteiger partial charge on any atom is 0.00966 e. The van der Waals surface area contributed by atoms with Gasteiger partial charge in [0.15, 0.2) is 0 Å². The van der Waals surface area contributed by atoms with Crippen LogP contribution >= 0.6 is 11.3 Å². The molecule has 0 bridgehead atoms. The Morgan fingerprint density at radius 2 is 2.11 bits per heavy atom. The minimum absolute atomic E-state index is 0.238. The Balaban J connectivity index is 2.02. The van der Waals surface area contributed by atoms with Crippen LogP contribution in [0.5, 0.6) is 0 Å². The fraction of sp³-hybridized carbons (Fsp3) is 0.750. The van der Waals surface area contributed by atoms with Gasteiger partial charge in [0.1, 0.15) is 0 Å². The van der Waals surface area contributed by atoms with Crippen molar-refractivity contribution in [1.82, 2.24) is 5.32 Å². The van der Waals surface area contributed by atoms with Crippen LogP contribution in [0, 0.1) is 11.8 Å². The molecule has 0 amide bonds. The molecule has 2 rings (SSSR count). The Labute approximate surface area is 116 Å². The minimum atomic E-state index is 0.238. The van der Waals surface area contributed by atoms with E-state index in [1.807, 2.05) is 11.3 Å².